The maximum absolute atomic E-state index is 5.49. The maximum Gasteiger partial charge on any atom is 0.192 e. The van der Waals surface area contributed by atoms with Crippen LogP contribution >= 0.6 is 35.3 Å². The van der Waals surface area contributed by atoms with Crippen molar-refractivity contribution in [2.45, 2.75) is 40.3 Å². The predicted octanol–water partition coefficient (Wildman–Crippen LogP) is 4.20. The SMILES string of the molecule is CCNC(=NCc1ncc(C)s1)NC(C)c1cc(C)ccc1OC.I. The Bertz CT molecular complexity index is 702. The van der Waals surface area contributed by atoms with Crippen LogP contribution < -0.4 is 15.4 Å². The van der Waals surface area contributed by atoms with Gasteiger partial charge in [0.15, 0.2) is 5.96 Å². The molecule has 0 aliphatic carbocycles. The second-order valence-corrected chi connectivity index (χ2v) is 6.99. The average molecular weight is 474 g/mol. The van der Waals surface area contributed by atoms with Crippen LogP contribution in [-0.4, -0.2) is 24.6 Å². The van der Waals surface area contributed by atoms with E-state index in [4.69, 9.17) is 4.74 Å². The number of aromatic nitrogens is 1. The second-order valence-electron chi connectivity index (χ2n) is 5.67. The molecular formula is C18H27IN4OS. The van der Waals surface area contributed by atoms with Gasteiger partial charge in [-0.05, 0) is 33.8 Å². The molecule has 0 fully saturated rings. The van der Waals surface area contributed by atoms with Gasteiger partial charge in [0, 0.05) is 23.2 Å². The van der Waals surface area contributed by atoms with Gasteiger partial charge < -0.3 is 15.4 Å². The van der Waals surface area contributed by atoms with Gasteiger partial charge in [0.1, 0.15) is 10.8 Å². The summed E-state index contributed by atoms with van der Waals surface area (Å²) >= 11 is 1.68. The highest BCUT2D eigenvalue weighted by molar-refractivity contribution is 14.0. The molecule has 5 nitrogen and oxygen atoms in total. The van der Waals surface area contributed by atoms with E-state index >= 15 is 0 Å². The summed E-state index contributed by atoms with van der Waals surface area (Å²) in [5.74, 6) is 1.66. The number of hydrogen-bond acceptors (Lipinski definition) is 4. The number of rotatable bonds is 6. The monoisotopic (exact) mass is 474 g/mol. The molecule has 0 saturated heterocycles. The highest BCUT2D eigenvalue weighted by Crippen LogP contribution is 2.26. The average Bonchev–Trinajstić information content (AvgIpc) is 2.98. The van der Waals surface area contributed by atoms with Gasteiger partial charge in [-0.1, -0.05) is 17.7 Å². The number of halogens is 1. The van der Waals surface area contributed by atoms with Gasteiger partial charge in [0.2, 0.25) is 0 Å². The summed E-state index contributed by atoms with van der Waals surface area (Å²) < 4.78 is 5.49. The Balaban J connectivity index is 0.00000312. The third-order valence-electron chi connectivity index (χ3n) is 3.59. The number of aryl methyl sites for hydroxylation is 2. The summed E-state index contributed by atoms with van der Waals surface area (Å²) in [5, 5.41) is 7.76. The summed E-state index contributed by atoms with van der Waals surface area (Å²) in [6.07, 6.45) is 1.89. The van der Waals surface area contributed by atoms with Crippen molar-refractivity contribution < 1.29 is 4.74 Å². The Hall–Kier alpha value is -1.35. The zero-order chi connectivity index (χ0) is 17.5. The summed E-state index contributed by atoms with van der Waals surface area (Å²) in [7, 11) is 1.70. The summed E-state index contributed by atoms with van der Waals surface area (Å²) in [6, 6.07) is 6.28. The predicted molar refractivity (Wildman–Crippen MR) is 116 cm³/mol. The van der Waals surface area contributed by atoms with E-state index in [-0.39, 0.29) is 30.0 Å². The van der Waals surface area contributed by atoms with Gasteiger partial charge in [0.25, 0.3) is 0 Å². The number of nitrogens with one attached hydrogen (secondary N) is 2. The molecule has 0 radical (unpaired) electrons. The molecule has 2 aromatic rings. The lowest BCUT2D eigenvalue weighted by Crippen LogP contribution is -2.38. The van der Waals surface area contributed by atoms with Crippen LogP contribution in [0.3, 0.4) is 0 Å². The quantitative estimate of drug-likeness (QED) is 0.374. The standard InChI is InChI=1S/C18H26N4OS.HI/c1-6-19-18(21-11-17-20-10-13(3)24-17)22-14(4)15-9-12(2)7-8-16(15)23-5;/h7-10,14H,6,11H2,1-5H3,(H2,19,21,22);1H. The number of guanidine groups is 1. The van der Waals surface area contributed by atoms with Gasteiger partial charge in [0.05, 0.1) is 19.7 Å². The zero-order valence-electron chi connectivity index (χ0n) is 15.4. The number of nitrogens with zero attached hydrogens (tertiary/aromatic N) is 2. The summed E-state index contributed by atoms with van der Waals surface area (Å²) in [6.45, 7) is 9.69. The molecule has 0 spiro atoms. The minimum atomic E-state index is 0. The van der Waals surface area contributed by atoms with E-state index in [1.54, 1.807) is 18.4 Å². The van der Waals surface area contributed by atoms with Crippen molar-refractivity contribution in [3.63, 3.8) is 0 Å². The third kappa shape index (κ3) is 6.47. The molecule has 1 atom stereocenters. The second kappa shape index (κ2) is 10.6. The van der Waals surface area contributed by atoms with E-state index in [2.05, 4.69) is 60.4 Å². The van der Waals surface area contributed by atoms with Crippen molar-refractivity contribution in [3.8, 4) is 5.75 Å². The first-order chi connectivity index (χ1) is 11.5. The van der Waals surface area contributed by atoms with Crippen LogP contribution in [0.25, 0.3) is 0 Å². The van der Waals surface area contributed by atoms with Gasteiger partial charge in [-0.2, -0.15) is 0 Å². The van der Waals surface area contributed by atoms with Crippen LogP contribution in [0.5, 0.6) is 5.75 Å². The van der Waals surface area contributed by atoms with Crippen molar-refractivity contribution >= 4 is 41.3 Å². The van der Waals surface area contributed by atoms with Crippen molar-refractivity contribution in [2.24, 2.45) is 4.99 Å². The zero-order valence-corrected chi connectivity index (χ0v) is 18.6. The maximum atomic E-state index is 5.49. The number of benzene rings is 1. The molecule has 1 aromatic heterocycles. The minimum Gasteiger partial charge on any atom is -0.496 e. The Morgan fingerprint density at radius 1 is 1.36 bits per heavy atom. The fraction of sp³-hybridized carbons (Fsp3) is 0.444. The Labute approximate surface area is 171 Å². The first kappa shape index (κ1) is 21.7. The van der Waals surface area contributed by atoms with Crippen LogP contribution in [0.1, 0.15) is 40.9 Å². The number of ether oxygens (including phenoxy) is 1. The van der Waals surface area contributed by atoms with Gasteiger partial charge in [-0.3, -0.25) is 0 Å². The van der Waals surface area contributed by atoms with E-state index in [9.17, 15) is 0 Å². The van der Waals surface area contributed by atoms with Crippen molar-refractivity contribution in [3.05, 3.63) is 45.4 Å². The molecular weight excluding hydrogens is 447 g/mol. The number of methoxy groups -OCH3 is 1. The van der Waals surface area contributed by atoms with E-state index in [0.29, 0.717) is 6.54 Å². The van der Waals surface area contributed by atoms with Crippen molar-refractivity contribution in [1.82, 2.24) is 15.6 Å². The van der Waals surface area contributed by atoms with E-state index in [1.165, 1.54) is 10.4 Å². The number of hydrogen-bond donors (Lipinski definition) is 2. The molecule has 1 unspecified atom stereocenters. The van der Waals surface area contributed by atoms with Gasteiger partial charge in [-0.25, -0.2) is 9.98 Å². The molecule has 138 valence electrons. The normalized spacial score (nSPS) is 12.3. The lowest BCUT2D eigenvalue weighted by atomic mass is 10.0. The molecule has 1 heterocycles. The van der Waals surface area contributed by atoms with Gasteiger partial charge >= 0.3 is 0 Å². The third-order valence-corrected chi connectivity index (χ3v) is 4.49. The summed E-state index contributed by atoms with van der Waals surface area (Å²) in [5.41, 5.74) is 2.33. The molecule has 2 N–H and O–H groups in total. The lowest BCUT2D eigenvalue weighted by Gasteiger charge is -2.20. The number of thiazole rings is 1. The lowest BCUT2D eigenvalue weighted by molar-refractivity contribution is 0.405. The topological polar surface area (TPSA) is 58.5 Å². The van der Waals surface area contributed by atoms with Crippen molar-refractivity contribution in [2.75, 3.05) is 13.7 Å². The molecule has 2 rings (SSSR count). The molecule has 25 heavy (non-hydrogen) atoms. The van der Waals surface area contributed by atoms with Crippen LogP contribution in [0.4, 0.5) is 0 Å². The first-order valence-corrected chi connectivity index (χ1v) is 8.95. The highest BCUT2D eigenvalue weighted by Gasteiger charge is 2.13. The first-order valence-electron chi connectivity index (χ1n) is 8.14. The molecule has 0 saturated carbocycles. The number of aliphatic imine (C=N–C) groups is 1. The van der Waals surface area contributed by atoms with Crippen LogP contribution in [0.15, 0.2) is 29.4 Å². The van der Waals surface area contributed by atoms with Crippen LogP contribution in [0, 0.1) is 13.8 Å². The molecule has 7 heteroatoms. The molecule has 1 aromatic carbocycles. The largest absolute Gasteiger partial charge is 0.496 e. The van der Waals surface area contributed by atoms with Crippen molar-refractivity contribution in [1.29, 1.82) is 0 Å². The fourth-order valence-corrected chi connectivity index (χ4v) is 3.13. The van der Waals surface area contributed by atoms with Gasteiger partial charge in [-0.15, -0.1) is 35.3 Å². The highest BCUT2D eigenvalue weighted by atomic mass is 127. The summed E-state index contributed by atoms with van der Waals surface area (Å²) in [4.78, 5) is 10.2. The Morgan fingerprint density at radius 3 is 2.72 bits per heavy atom. The molecule has 0 amide bonds. The van der Waals surface area contributed by atoms with E-state index in [0.717, 1.165) is 28.8 Å². The van der Waals surface area contributed by atoms with Crippen LogP contribution in [0.2, 0.25) is 0 Å². The fourth-order valence-electron chi connectivity index (χ4n) is 2.42. The smallest absolute Gasteiger partial charge is 0.192 e. The Morgan fingerprint density at radius 2 is 2.12 bits per heavy atom. The van der Waals surface area contributed by atoms with E-state index < -0.39 is 0 Å². The molecule has 0 bridgehead atoms. The minimum absolute atomic E-state index is 0. The van der Waals surface area contributed by atoms with Crippen LogP contribution in [-0.2, 0) is 6.54 Å². The molecule has 0 aliphatic rings. The Kier molecular flexibility index (Phi) is 9.20. The molecule has 0 aliphatic heterocycles. The van der Waals surface area contributed by atoms with E-state index in [1.807, 2.05) is 12.3 Å².